The van der Waals surface area contributed by atoms with Gasteiger partial charge in [0.15, 0.2) is 0 Å². The normalized spacial score (nSPS) is 14.0. The topological polar surface area (TPSA) is 12.5 Å². The lowest BCUT2D eigenvalue weighted by atomic mass is 10.2. The molecule has 0 N–H and O–H groups in total. The average molecular weight is 490 g/mol. The largest absolute Gasteiger partial charge is 0.486 e. The van der Waals surface area contributed by atoms with Crippen LogP contribution in [0.25, 0.3) is 0 Å². The summed E-state index contributed by atoms with van der Waals surface area (Å²) >= 11 is 19.0. The molecule has 1 heterocycles. The fourth-order valence-corrected chi connectivity index (χ4v) is 4.60. The molecular formula is C18H16Br2ClNOS. The maximum Gasteiger partial charge on any atom is 0.148 e. The van der Waals surface area contributed by atoms with Crippen molar-refractivity contribution in [3.05, 3.63) is 61.5 Å². The van der Waals surface area contributed by atoms with E-state index in [0.717, 1.165) is 43.9 Å². The summed E-state index contributed by atoms with van der Waals surface area (Å²) in [5.41, 5.74) is 1.98. The summed E-state index contributed by atoms with van der Waals surface area (Å²) in [5, 5.41) is 0.705. The van der Waals surface area contributed by atoms with E-state index >= 15 is 0 Å². The Balaban J connectivity index is 1.77. The van der Waals surface area contributed by atoms with Crippen LogP contribution in [0.1, 0.15) is 24.0 Å². The molecule has 3 rings (SSSR count). The van der Waals surface area contributed by atoms with Crippen molar-refractivity contribution >= 4 is 60.7 Å². The number of ether oxygens (including phenoxy) is 1. The van der Waals surface area contributed by atoms with Crippen molar-refractivity contribution in [3.63, 3.8) is 0 Å². The van der Waals surface area contributed by atoms with Crippen molar-refractivity contribution in [1.82, 2.24) is 4.90 Å². The van der Waals surface area contributed by atoms with Crippen LogP contribution in [-0.4, -0.2) is 23.0 Å². The number of likely N-dealkylation sites (tertiary alicyclic amines) is 1. The van der Waals surface area contributed by atoms with Gasteiger partial charge >= 0.3 is 0 Å². The Bertz CT molecular complexity index is 739. The van der Waals surface area contributed by atoms with E-state index in [1.165, 1.54) is 12.8 Å². The lowest BCUT2D eigenvalue weighted by molar-refractivity contribution is 0.302. The zero-order valence-electron chi connectivity index (χ0n) is 12.9. The summed E-state index contributed by atoms with van der Waals surface area (Å²) in [5.74, 6) is 0.753. The van der Waals surface area contributed by atoms with Gasteiger partial charge < -0.3 is 9.64 Å². The fraction of sp³-hybridized carbons (Fsp3) is 0.278. The monoisotopic (exact) mass is 487 g/mol. The van der Waals surface area contributed by atoms with E-state index in [0.29, 0.717) is 11.6 Å². The van der Waals surface area contributed by atoms with Crippen LogP contribution in [0.2, 0.25) is 5.02 Å². The summed E-state index contributed by atoms with van der Waals surface area (Å²) in [6.45, 7) is 2.49. The molecule has 1 saturated heterocycles. The molecule has 0 saturated carbocycles. The van der Waals surface area contributed by atoms with Crippen molar-refractivity contribution < 1.29 is 4.74 Å². The highest BCUT2D eigenvalue weighted by atomic mass is 79.9. The van der Waals surface area contributed by atoms with Crippen molar-refractivity contribution in [3.8, 4) is 5.75 Å². The first kappa shape index (κ1) is 18.2. The molecule has 1 aliphatic heterocycles. The van der Waals surface area contributed by atoms with Crippen LogP contribution in [0, 0.1) is 0 Å². The number of hydrogen-bond acceptors (Lipinski definition) is 2. The van der Waals surface area contributed by atoms with Gasteiger partial charge in [0.05, 0.1) is 8.95 Å². The summed E-state index contributed by atoms with van der Waals surface area (Å²) in [4.78, 5) is 3.15. The van der Waals surface area contributed by atoms with Gasteiger partial charge in [0.2, 0.25) is 0 Å². The summed E-state index contributed by atoms with van der Waals surface area (Å²) in [7, 11) is 0. The first-order valence-electron chi connectivity index (χ1n) is 7.71. The fourth-order valence-electron chi connectivity index (χ4n) is 2.69. The van der Waals surface area contributed by atoms with E-state index in [1.807, 2.05) is 36.4 Å². The predicted molar refractivity (Wildman–Crippen MR) is 110 cm³/mol. The molecule has 2 nitrogen and oxygen atoms in total. The average Bonchev–Trinajstić information content (AvgIpc) is 3.09. The highest BCUT2D eigenvalue weighted by molar-refractivity contribution is 9.11. The molecule has 0 aliphatic carbocycles. The van der Waals surface area contributed by atoms with Gasteiger partial charge in [-0.15, -0.1) is 0 Å². The van der Waals surface area contributed by atoms with Gasteiger partial charge in [0.25, 0.3) is 0 Å². The number of rotatable bonds is 4. The third-order valence-corrected chi connectivity index (χ3v) is 6.01. The van der Waals surface area contributed by atoms with Gasteiger partial charge in [0, 0.05) is 29.2 Å². The second-order valence-electron chi connectivity index (χ2n) is 5.65. The van der Waals surface area contributed by atoms with E-state index < -0.39 is 0 Å². The summed E-state index contributed by atoms with van der Waals surface area (Å²) in [6.07, 6.45) is 2.42. The van der Waals surface area contributed by atoms with E-state index in [1.54, 1.807) is 0 Å². The Morgan fingerprint density at radius 3 is 2.38 bits per heavy atom. The minimum Gasteiger partial charge on any atom is -0.486 e. The molecule has 0 spiro atoms. The van der Waals surface area contributed by atoms with Crippen LogP contribution in [0.15, 0.2) is 45.3 Å². The van der Waals surface area contributed by atoms with Crippen molar-refractivity contribution in [2.24, 2.45) is 0 Å². The van der Waals surface area contributed by atoms with Crippen LogP contribution < -0.4 is 4.74 Å². The number of hydrogen-bond donors (Lipinski definition) is 0. The first-order chi connectivity index (χ1) is 11.6. The van der Waals surface area contributed by atoms with Crippen molar-refractivity contribution in [2.45, 2.75) is 19.4 Å². The summed E-state index contributed by atoms with van der Waals surface area (Å²) < 4.78 is 7.71. The SMILES string of the molecule is S=C(c1cc(Br)c(OCc2ccccc2Cl)c(Br)c1)N1CCCC1. The standard InChI is InChI=1S/C18H16Br2ClNOS/c19-14-9-13(18(24)22-7-3-4-8-22)10-15(20)17(14)23-11-12-5-1-2-6-16(12)21/h1-2,5-6,9-10H,3-4,7-8,11H2. The van der Waals surface area contributed by atoms with E-state index in [2.05, 4.69) is 36.8 Å². The second kappa shape index (κ2) is 8.17. The molecular weight excluding hydrogens is 474 g/mol. The molecule has 1 fully saturated rings. The van der Waals surface area contributed by atoms with Crippen molar-refractivity contribution in [1.29, 1.82) is 0 Å². The zero-order valence-corrected chi connectivity index (χ0v) is 17.6. The highest BCUT2D eigenvalue weighted by Gasteiger charge is 2.19. The Hall–Kier alpha value is -0.620. The Morgan fingerprint density at radius 1 is 1.12 bits per heavy atom. The molecule has 24 heavy (non-hydrogen) atoms. The molecule has 0 aromatic heterocycles. The quantitative estimate of drug-likeness (QED) is 0.474. The highest BCUT2D eigenvalue weighted by Crippen LogP contribution is 2.36. The molecule has 1 aliphatic rings. The molecule has 0 amide bonds. The van der Waals surface area contributed by atoms with Gasteiger partial charge in [-0.1, -0.05) is 42.0 Å². The number of benzene rings is 2. The third-order valence-electron chi connectivity index (χ3n) is 3.97. The van der Waals surface area contributed by atoms with Crippen LogP contribution >= 0.6 is 55.7 Å². The number of nitrogens with zero attached hydrogens (tertiary/aromatic N) is 1. The zero-order chi connectivity index (χ0) is 17.1. The predicted octanol–water partition coefficient (Wildman–Crippen LogP) is 6.22. The Labute approximate surface area is 169 Å². The van der Waals surface area contributed by atoms with Gasteiger partial charge in [0.1, 0.15) is 17.3 Å². The number of thiocarbonyl (C=S) groups is 1. The van der Waals surface area contributed by atoms with Gasteiger partial charge in [-0.3, -0.25) is 0 Å². The van der Waals surface area contributed by atoms with E-state index in [9.17, 15) is 0 Å². The van der Waals surface area contributed by atoms with Crippen LogP contribution in [0.5, 0.6) is 5.75 Å². The van der Waals surface area contributed by atoms with E-state index in [-0.39, 0.29) is 0 Å². The van der Waals surface area contributed by atoms with Crippen LogP contribution in [-0.2, 0) is 6.61 Å². The van der Waals surface area contributed by atoms with Gasteiger partial charge in [-0.25, -0.2) is 0 Å². The summed E-state index contributed by atoms with van der Waals surface area (Å²) in [6, 6.07) is 11.7. The lowest BCUT2D eigenvalue weighted by Crippen LogP contribution is -2.26. The van der Waals surface area contributed by atoms with Gasteiger partial charge in [-0.2, -0.15) is 0 Å². The molecule has 126 valence electrons. The maximum atomic E-state index is 6.18. The number of halogens is 3. The second-order valence-corrected chi connectivity index (χ2v) is 8.15. The molecule has 6 heteroatoms. The molecule has 0 bridgehead atoms. The van der Waals surface area contributed by atoms with Crippen LogP contribution in [0.4, 0.5) is 0 Å². The molecule has 2 aromatic rings. The van der Waals surface area contributed by atoms with Gasteiger partial charge in [-0.05, 0) is 62.9 Å². The Morgan fingerprint density at radius 2 is 1.75 bits per heavy atom. The van der Waals surface area contributed by atoms with Crippen LogP contribution in [0.3, 0.4) is 0 Å². The molecule has 0 atom stereocenters. The minimum atomic E-state index is 0.410. The van der Waals surface area contributed by atoms with Crippen molar-refractivity contribution in [2.75, 3.05) is 13.1 Å². The molecule has 0 unspecified atom stereocenters. The molecule has 0 radical (unpaired) electrons. The lowest BCUT2D eigenvalue weighted by Gasteiger charge is -2.20. The van der Waals surface area contributed by atoms with E-state index in [4.69, 9.17) is 28.6 Å². The third kappa shape index (κ3) is 4.13. The Kier molecular flexibility index (Phi) is 6.19. The smallest absolute Gasteiger partial charge is 0.148 e. The minimum absolute atomic E-state index is 0.410. The molecule has 2 aromatic carbocycles. The maximum absolute atomic E-state index is 6.18. The first-order valence-corrected chi connectivity index (χ1v) is 10.1.